The van der Waals surface area contributed by atoms with Gasteiger partial charge < -0.3 is 14.6 Å². The number of hydrogen-bond donors (Lipinski definition) is 1. The number of nitrogens with one attached hydrogen (secondary N) is 1. The van der Waals surface area contributed by atoms with Crippen LogP contribution in [0, 0.1) is 13.8 Å². The molecule has 0 amide bonds. The molecular formula is C24H24N2O2S. The van der Waals surface area contributed by atoms with Crippen LogP contribution in [0.5, 0.6) is 5.75 Å². The Morgan fingerprint density at radius 2 is 1.72 bits per heavy atom. The third-order valence-electron chi connectivity index (χ3n) is 5.27. The molecular weight excluding hydrogens is 380 g/mol. The van der Waals surface area contributed by atoms with Crippen LogP contribution in [0.1, 0.15) is 22.3 Å². The van der Waals surface area contributed by atoms with Crippen molar-refractivity contribution >= 4 is 27.2 Å². The predicted octanol–water partition coefficient (Wildman–Crippen LogP) is 5.35. The van der Waals surface area contributed by atoms with Crippen molar-refractivity contribution in [2.24, 2.45) is 0 Å². The van der Waals surface area contributed by atoms with Gasteiger partial charge in [0.15, 0.2) is 0 Å². The van der Waals surface area contributed by atoms with Gasteiger partial charge in [-0.1, -0.05) is 30.3 Å². The molecule has 0 atom stereocenters. The number of aromatic nitrogens is 1. The highest BCUT2D eigenvalue weighted by Gasteiger charge is 2.11. The Balaban J connectivity index is 1.62. The number of benzene rings is 2. The summed E-state index contributed by atoms with van der Waals surface area (Å²) in [6.45, 7) is 5.46. The fraction of sp³-hybridized carbons (Fsp3) is 0.208. The topological polar surface area (TPSA) is 43.3 Å². The molecule has 0 radical (unpaired) electrons. The van der Waals surface area contributed by atoms with Crippen LogP contribution in [0.2, 0.25) is 0 Å². The molecule has 0 saturated heterocycles. The third kappa shape index (κ3) is 4.05. The molecule has 0 spiro atoms. The molecule has 0 aliphatic rings. The Morgan fingerprint density at radius 3 is 2.45 bits per heavy atom. The van der Waals surface area contributed by atoms with Crippen molar-refractivity contribution in [3.8, 4) is 5.75 Å². The van der Waals surface area contributed by atoms with Gasteiger partial charge in [-0.25, -0.2) is 0 Å². The van der Waals surface area contributed by atoms with Gasteiger partial charge in [0.1, 0.15) is 5.75 Å². The third-order valence-corrected chi connectivity index (χ3v) is 6.20. The number of anilines is 1. The molecule has 148 valence electrons. The first-order chi connectivity index (χ1) is 14.0. The number of pyridine rings is 1. The maximum Gasteiger partial charge on any atom is 0.253 e. The average molecular weight is 405 g/mol. The number of ether oxygens (including phenoxy) is 1. The normalized spacial score (nSPS) is 11.0. The van der Waals surface area contributed by atoms with Gasteiger partial charge in [0.2, 0.25) is 0 Å². The average Bonchev–Trinajstić information content (AvgIpc) is 3.22. The van der Waals surface area contributed by atoms with Crippen molar-refractivity contribution < 1.29 is 4.74 Å². The van der Waals surface area contributed by atoms with Crippen molar-refractivity contribution in [3.63, 3.8) is 0 Å². The van der Waals surface area contributed by atoms with Crippen LogP contribution in [0.3, 0.4) is 0 Å². The first-order valence-electron chi connectivity index (χ1n) is 9.59. The van der Waals surface area contributed by atoms with E-state index in [-0.39, 0.29) is 5.56 Å². The molecule has 4 rings (SSSR count). The summed E-state index contributed by atoms with van der Waals surface area (Å²) in [5.74, 6) is 0.813. The highest BCUT2D eigenvalue weighted by atomic mass is 32.1. The number of fused-ring (bicyclic) bond motifs is 1. The van der Waals surface area contributed by atoms with Crippen LogP contribution in [-0.2, 0) is 13.1 Å². The fourth-order valence-corrected chi connectivity index (χ4v) is 4.31. The van der Waals surface area contributed by atoms with E-state index < -0.39 is 0 Å². The molecule has 0 aliphatic carbocycles. The Morgan fingerprint density at radius 1 is 0.966 bits per heavy atom. The van der Waals surface area contributed by atoms with Crippen molar-refractivity contribution in [2.45, 2.75) is 26.9 Å². The molecule has 2 aromatic carbocycles. The zero-order chi connectivity index (χ0) is 20.4. The molecule has 4 aromatic rings. The van der Waals surface area contributed by atoms with E-state index in [9.17, 15) is 4.79 Å². The minimum atomic E-state index is -0.00527. The second-order valence-electron chi connectivity index (χ2n) is 7.24. The molecule has 0 bridgehead atoms. The second-order valence-corrected chi connectivity index (χ2v) is 8.15. The van der Waals surface area contributed by atoms with Crippen LogP contribution in [0.4, 0.5) is 5.69 Å². The van der Waals surface area contributed by atoms with Gasteiger partial charge in [-0.3, -0.25) is 4.79 Å². The smallest absolute Gasteiger partial charge is 0.253 e. The lowest BCUT2D eigenvalue weighted by Crippen LogP contribution is -2.20. The lowest BCUT2D eigenvalue weighted by atomic mass is 10.1. The van der Waals surface area contributed by atoms with E-state index in [1.54, 1.807) is 24.5 Å². The van der Waals surface area contributed by atoms with E-state index in [1.807, 2.05) is 40.3 Å². The van der Waals surface area contributed by atoms with Crippen molar-refractivity contribution in [1.29, 1.82) is 0 Å². The van der Waals surface area contributed by atoms with E-state index in [1.165, 1.54) is 16.7 Å². The number of aryl methyl sites for hydroxylation is 2. The Kier molecular flexibility index (Phi) is 5.41. The largest absolute Gasteiger partial charge is 0.497 e. The summed E-state index contributed by atoms with van der Waals surface area (Å²) in [5.41, 5.74) is 6.69. The minimum Gasteiger partial charge on any atom is -0.497 e. The highest BCUT2D eigenvalue weighted by Crippen LogP contribution is 2.28. The van der Waals surface area contributed by atoms with Crippen LogP contribution in [0.25, 0.3) is 10.2 Å². The summed E-state index contributed by atoms with van der Waals surface area (Å²) in [7, 11) is 1.65. The first-order valence-corrected chi connectivity index (χ1v) is 10.5. The zero-order valence-electron chi connectivity index (χ0n) is 16.9. The summed E-state index contributed by atoms with van der Waals surface area (Å²) < 4.78 is 8.15. The number of rotatable bonds is 6. The minimum absolute atomic E-state index is 0.00527. The molecule has 29 heavy (non-hydrogen) atoms. The van der Waals surface area contributed by atoms with Gasteiger partial charge in [-0.05, 0) is 59.7 Å². The highest BCUT2D eigenvalue weighted by molar-refractivity contribution is 7.17. The van der Waals surface area contributed by atoms with E-state index >= 15 is 0 Å². The van der Waals surface area contributed by atoms with Crippen LogP contribution in [0.15, 0.2) is 64.8 Å². The molecule has 4 nitrogen and oxygen atoms in total. The lowest BCUT2D eigenvalue weighted by molar-refractivity contribution is 0.414. The number of thiophene rings is 1. The van der Waals surface area contributed by atoms with Gasteiger partial charge in [-0.2, -0.15) is 0 Å². The molecule has 2 aromatic heterocycles. The molecule has 1 N–H and O–H groups in total. The second kappa shape index (κ2) is 8.13. The first kappa shape index (κ1) is 19.3. The van der Waals surface area contributed by atoms with Gasteiger partial charge in [0.05, 0.1) is 29.6 Å². The molecule has 5 heteroatoms. The van der Waals surface area contributed by atoms with Crippen LogP contribution < -0.4 is 15.6 Å². The van der Waals surface area contributed by atoms with Crippen molar-refractivity contribution in [1.82, 2.24) is 4.57 Å². The molecule has 0 saturated carbocycles. The Bertz CT molecular complexity index is 1210. The fourth-order valence-electron chi connectivity index (χ4n) is 3.42. The molecule has 0 aliphatic heterocycles. The Hall–Kier alpha value is -3.05. The van der Waals surface area contributed by atoms with E-state index in [0.29, 0.717) is 13.1 Å². The van der Waals surface area contributed by atoms with Crippen molar-refractivity contribution in [2.75, 3.05) is 12.4 Å². The van der Waals surface area contributed by atoms with Gasteiger partial charge >= 0.3 is 0 Å². The van der Waals surface area contributed by atoms with Gasteiger partial charge in [0, 0.05) is 12.6 Å². The van der Waals surface area contributed by atoms with Crippen LogP contribution in [-0.4, -0.2) is 11.7 Å². The summed E-state index contributed by atoms with van der Waals surface area (Å²) in [4.78, 5) is 12.9. The lowest BCUT2D eigenvalue weighted by Gasteiger charge is -2.13. The predicted molar refractivity (Wildman–Crippen MR) is 121 cm³/mol. The number of nitrogens with zero attached hydrogens (tertiary/aromatic N) is 1. The SMILES string of the molecule is COc1ccc(Cn2c(=O)cc(NCc3ccc(C)c(C)c3)c3sccc32)cc1. The maximum atomic E-state index is 12.9. The summed E-state index contributed by atoms with van der Waals surface area (Å²) in [6, 6.07) is 18.0. The molecule has 0 unspecified atom stereocenters. The Labute approximate surface area is 174 Å². The van der Waals surface area contributed by atoms with Gasteiger partial charge in [0.25, 0.3) is 5.56 Å². The monoisotopic (exact) mass is 404 g/mol. The zero-order valence-corrected chi connectivity index (χ0v) is 17.7. The van der Waals surface area contributed by atoms with E-state index in [0.717, 1.165) is 27.2 Å². The number of hydrogen-bond acceptors (Lipinski definition) is 4. The summed E-state index contributed by atoms with van der Waals surface area (Å²) in [6.07, 6.45) is 0. The van der Waals surface area contributed by atoms with E-state index in [4.69, 9.17) is 4.74 Å². The van der Waals surface area contributed by atoms with Gasteiger partial charge in [-0.15, -0.1) is 11.3 Å². The maximum absolute atomic E-state index is 12.9. The number of methoxy groups -OCH3 is 1. The summed E-state index contributed by atoms with van der Waals surface area (Å²) >= 11 is 1.65. The molecule has 2 heterocycles. The van der Waals surface area contributed by atoms with Crippen LogP contribution >= 0.6 is 11.3 Å². The van der Waals surface area contributed by atoms with Crippen molar-refractivity contribution in [3.05, 3.63) is 92.6 Å². The van der Waals surface area contributed by atoms with E-state index in [2.05, 4.69) is 37.4 Å². The standard InChI is InChI=1S/C24H24N2O2S/c1-16-4-5-19(12-17(16)2)14-25-21-13-23(27)26(22-10-11-29-24(21)22)15-18-6-8-20(28-3)9-7-18/h4-13,25H,14-15H2,1-3H3. The summed E-state index contributed by atoms with van der Waals surface area (Å²) in [5, 5.41) is 5.50. The molecule has 0 fully saturated rings. The quantitative estimate of drug-likeness (QED) is 0.471.